The summed E-state index contributed by atoms with van der Waals surface area (Å²) in [4.78, 5) is 12.2. The Morgan fingerprint density at radius 2 is 1.81 bits per heavy atom. The number of nitrogens with one attached hydrogen (secondary N) is 1. The summed E-state index contributed by atoms with van der Waals surface area (Å²) in [6.45, 7) is 0. The normalized spacial score (nSPS) is 11.3. The van der Waals surface area contributed by atoms with Crippen LogP contribution in [0.4, 0.5) is 5.69 Å². The highest BCUT2D eigenvalue weighted by molar-refractivity contribution is 7.85. The molecule has 0 aromatic heterocycles. The zero-order valence-electron chi connectivity index (χ0n) is 13.6. The number of rotatable bonds is 4. The smallest absolute Gasteiger partial charge is 0.294 e. The molecule has 0 aliphatic heterocycles. The Morgan fingerprint density at radius 3 is 2.50 bits per heavy atom. The minimum atomic E-state index is -4.44. The molecular formula is C18H15NO6S. The Kier molecular flexibility index (Phi) is 4.54. The van der Waals surface area contributed by atoms with E-state index in [9.17, 15) is 18.3 Å². The van der Waals surface area contributed by atoms with E-state index in [0.717, 1.165) is 17.5 Å². The van der Waals surface area contributed by atoms with Gasteiger partial charge in [-0.15, -0.1) is 0 Å². The molecule has 0 atom stereocenters. The summed E-state index contributed by atoms with van der Waals surface area (Å²) in [6.07, 6.45) is 0. The first kappa shape index (κ1) is 17.7. The highest BCUT2D eigenvalue weighted by Gasteiger charge is 2.18. The van der Waals surface area contributed by atoms with E-state index in [1.54, 1.807) is 24.3 Å². The molecule has 0 radical (unpaired) electrons. The van der Waals surface area contributed by atoms with E-state index in [4.69, 9.17) is 9.29 Å². The molecule has 1 amide bonds. The van der Waals surface area contributed by atoms with Crippen LogP contribution in [0.25, 0.3) is 10.8 Å². The summed E-state index contributed by atoms with van der Waals surface area (Å²) in [6, 6.07) is 13.7. The van der Waals surface area contributed by atoms with Crippen LogP contribution in [0.3, 0.4) is 0 Å². The van der Waals surface area contributed by atoms with Crippen molar-refractivity contribution >= 4 is 32.5 Å². The number of anilines is 1. The summed E-state index contributed by atoms with van der Waals surface area (Å²) in [5, 5.41) is 14.2. The third-order valence-corrected chi connectivity index (χ3v) is 4.71. The Morgan fingerprint density at radius 1 is 1.08 bits per heavy atom. The third kappa shape index (κ3) is 3.32. The maximum absolute atomic E-state index is 12.6. The first-order valence-electron chi connectivity index (χ1n) is 7.49. The van der Waals surface area contributed by atoms with Crippen molar-refractivity contribution in [3.63, 3.8) is 0 Å². The number of aromatic hydroxyl groups is 1. The number of methoxy groups -OCH3 is 1. The number of benzene rings is 3. The maximum atomic E-state index is 12.6. The van der Waals surface area contributed by atoms with Gasteiger partial charge in [0, 0.05) is 5.39 Å². The first-order chi connectivity index (χ1) is 12.3. The fraction of sp³-hybridized carbons (Fsp3) is 0.0556. The molecule has 0 unspecified atom stereocenters. The molecule has 0 heterocycles. The second-order valence-electron chi connectivity index (χ2n) is 5.47. The predicted molar refractivity (Wildman–Crippen MR) is 96.4 cm³/mol. The van der Waals surface area contributed by atoms with Crippen LogP contribution in [-0.2, 0) is 10.1 Å². The van der Waals surface area contributed by atoms with E-state index in [1.165, 1.54) is 19.2 Å². The SMILES string of the molecule is COc1ccc(S(=O)(=O)O)cc1NC(=O)c1ccc2ccccc2c1O. The second-order valence-corrected chi connectivity index (χ2v) is 6.90. The van der Waals surface area contributed by atoms with Gasteiger partial charge in [0.15, 0.2) is 0 Å². The molecule has 3 rings (SSSR count). The minimum absolute atomic E-state index is 0.0167. The highest BCUT2D eigenvalue weighted by Crippen LogP contribution is 2.31. The lowest BCUT2D eigenvalue weighted by molar-refractivity contribution is 0.102. The van der Waals surface area contributed by atoms with Crippen LogP contribution in [0.2, 0.25) is 0 Å². The Hall–Kier alpha value is -3.10. The van der Waals surface area contributed by atoms with Crippen LogP contribution in [0.1, 0.15) is 10.4 Å². The number of fused-ring (bicyclic) bond motifs is 1. The molecule has 0 bridgehead atoms. The monoisotopic (exact) mass is 373 g/mol. The van der Waals surface area contributed by atoms with Crippen molar-refractivity contribution in [3.05, 3.63) is 60.2 Å². The number of ether oxygens (including phenoxy) is 1. The molecule has 7 nitrogen and oxygen atoms in total. The van der Waals surface area contributed by atoms with Crippen molar-refractivity contribution in [3.8, 4) is 11.5 Å². The van der Waals surface area contributed by atoms with E-state index in [-0.39, 0.29) is 22.7 Å². The standard InChI is InChI=1S/C18H15NO6S/c1-25-16-9-7-12(26(22,23)24)10-15(16)19-18(21)14-8-6-11-4-2-3-5-13(11)17(14)20/h2-10,20H,1H3,(H,19,21)(H,22,23,24). The van der Waals surface area contributed by atoms with Crippen LogP contribution >= 0.6 is 0 Å². The third-order valence-electron chi connectivity index (χ3n) is 3.86. The molecule has 0 aliphatic carbocycles. The second kappa shape index (κ2) is 6.66. The van der Waals surface area contributed by atoms with Crippen LogP contribution in [-0.4, -0.2) is 31.1 Å². The summed E-state index contributed by atoms with van der Waals surface area (Å²) < 4.78 is 36.9. The Balaban J connectivity index is 2.01. The van der Waals surface area contributed by atoms with Gasteiger partial charge in [-0.05, 0) is 29.7 Å². The molecule has 3 N–H and O–H groups in total. The van der Waals surface area contributed by atoms with Gasteiger partial charge in [0.2, 0.25) is 0 Å². The van der Waals surface area contributed by atoms with E-state index in [1.807, 2.05) is 6.07 Å². The van der Waals surface area contributed by atoms with Gasteiger partial charge in [-0.3, -0.25) is 9.35 Å². The van der Waals surface area contributed by atoms with Gasteiger partial charge >= 0.3 is 0 Å². The summed E-state index contributed by atoms with van der Waals surface area (Å²) in [5.74, 6) is -0.643. The molecular weight excluding hydrogens is 358 g/mol. The molecule has 8 heteroatoms. The number of phenolic OH excluding ortho intramolecular Hbond substituents is 1. The van der Waals surface area contributed by atoms with Crippen molar-refractivity contribution in [1.82, 2.24) is 0 Å². The van der Waals surface area contributed by atoms with Gasteiger partial charge in [0.25, 0.3) is 16.0 Å². The lowest BCUT2D eigenvalue weighted by Crippen LogP contribution is -2.13. The molecule has 0 aliphatic rings. The van der Waals surface area contributed by atoms with E-state index in [0.29, 0.717) is 5.39 Å². The topological polar surface area (TPSA) is 113 Å². The lowest BCUT2D eigenvalue weighted by atomic mass is 10.0. The van der Waals surface area contributed by atoms with Gasteiger partial charge in [-0.2, -0.15) is 8.42 Å². The van der Waals surface area contributed by atoms with Crippen LogP contribution in [0, 0.1) is 0 Å². The number of amides is 1. The van der Waals surface area contributed by atoms with E-state index >= 15 is 0 Å². The fourth-order valence-electron chi connectivity index (χ4n) is 2.57. The number of carbonyl (C=O) groups excluding carboxylic acids is 1. The molecule has 3 aromatic carbocycles. The van der Waals surface area contributed by atoms with E-state index < -0.39 is 20.9 Å². The summed E-state index contributed by atoms with van der Waals surface area (Å²) >= 11 is 0. The van der Waals surface area contributed by atoms with Gasteiger partial charge in [0.1, 0.15) is 11.5 Å². The van der Waals surface area contributed by atoms with Crippen molar-refractivity contribution in [2.75, 3.05) is 12.4 Å². The number of phenols is 1. The number of hydrogen-bond acceptors (Lipinski definition) is 5. The molecule has 26 heavy (non-hydrogen) atoms. The van der Waals surface area contributed by atoms with Crippen LogP contribution in [0.5, 0.6) is 11.5 Å². The average molecular weight is 373 g/mol. The van der Waals surface area contributed by atoms with Crippen molar-refractivity contribution in [2.24, 2.45) is 0 Å². The first-order valence-corrected chi connectivity index (χ1v) is 8.93. The van der Waals surface area contributed by atoms with Gasteiger partial charge < -0.3 is 15.2 Å². The quantitative estimate of drug-likeness (QED) is 0.606. The zero-order valence-corrected chi connectivity index (χ0v) is 14.4. The molecule has 0 saturated heterocycles. The van der Waals surface area contributed by atoms with Crippen LogP contribution < -0.4 is 10.1 Å². The van der Waals surface area contributed by atoms with Crippen molar-refractivity contribution in [2.45, 2.75) is 4.90 Å². The van der Waals surface area contributed by atoms with E-state index in [2.05, 4.69) is 5.32 Å². The van der Waals surface area contributed by atoms with Gasteiger partial charge in [-0.1, -0.05) is 30.3 Å². The average Bonchev–Trinajstić information content (AvgIpc) is 2.61. The summed E-state index contributed by atoms with van der Waals surface area (Å²) in [5.41, 5.74) is 0.0585. The van der Waals surface area contributed by atoms with Crippen LogP contribution in [0.15, 0.2) is 59.5 Å². The summed E-state index contributed by atoms with van der Waals surface area (Å²) in [7, 11) is -3.09. The molecule has 0 spiro atoms. The predicted octanol–water partition coefficient (Wildman–Crippen LogP) is 3.05. The van der Waals surface area contributed by atoms with Gasteiger partial charge in [-0.25, -0.2) is 0 Å². The largest absolute Gasteiger partial charge is 0.506 e. The minimum Gasteiger partial charge on any atom is -0.506 e. The number of carbonyl (C=O) groups is 1. The molecule has 3 aromatic rings. The maximum Gasteiger partial charge on any atom is 0.294 e. The van der Waals surface area contributed by atoms with Crippen molar-refractivity contribution < 1.29 is 27.6 Å². The van der Waals surface area contributed by atoms with Crippen molar-refractivity contribution in [1.29, 1.82) is 0 Å². The van der Waals surface area contributed by atoms with Gasteiger partial charge in [0.05, 0.1) is 23.3 Å². The zero-order chi connectivity index (χ0) is 18.9. The molecule has 0 saturated carbocycles. The Bertz CT molecular complexity index is 1110. The molecule has 134 valence electrons. The highest BCUT2D eigenvalue weighted by atomic mass is 32.2. The Labute approximate surface area is 149 Å². The molecule has 0 fully saturated rings. The fourth-order valence-corrected chi connectivity index (χ4v) is 3.08. The lowest BCUT2D eigenvalue weighted by Gasteiger charge is -2.13. The number of hydrogen-bond donors (Lipinski definition) is 3.